The summed E-state index contributed by atoms with van der Waals surface area (Å²) in [5, 5.41) is 0. The molecule has 150 valence electrons. The molecule has 0 aliphatic carbocycles. The van der Waals surface area contributed by atoms with Crippen molar-refractivity contribution in [3.05, 3.63) is 54.6 Å². The van der Waals surface area contributed by atoms with Crippen LogP contribution in [0.15, 0.2) is 54.6 Å². The molecule has 28 heavy (non-hydrogen) atoms. The molecule has 1 heterocycles. The van der Waals surface area contributed by atoms with Crippen LogP contribution in [0.4, 0.5) is 10.5 Å². The largest absolute Gasteiger partial charge is 0.455 e. The van der Waals surface area contributed by atoms with E-state index in [9.17, 15) is 4.79 Å². The van der Waals surface area contributed by atoms with Crippen molar-refractivity contribution >= 4 is 11.7 Å². The molecule has 6 heteroatoms. The first-order valence-corrected chi connectivity index (χ1v) is 9.64. The van der Waals surface area contributed by atoms with Gasteiger partial charge in [0, 0.05) is 27.2 Å². The molecule has 2 aromatic carbocycles. The average Bonchev–Trinajstić information content (AvgIpc) is 2.74. The number of benzene rings is 2. The fourth-order valence-electron chi connectivity index (χ4n) is 3.26. The highest BCUT2D eigenvalue weighted by molar-refractivity contribution is 5.93. The zero-order valence-corrected chi connectivity index (χ0v) is 16.5. The highest BCUT2D eigenvalue weighted by Gasteiger charge is 2.27. The minimum Gasteiger partial charge on any atom is -0.455 e. The van der Waals surface area contributed by atoms with E-state index < -0.39 is 0 Å². The molecule has 2 aromatic rings. The van der Waals surface area contributed by atoms with Crippen LogP contribution in [0.5, 0.6) is 11.5 Å². The van der Waals surface area contributed by atoms with E-state index in [1.807, 2.05) is 59.5 Å². The van der Waals surface area contributed by atoms with Crippen molar-refractivity contribution in [1.82, 2.24) is 4.90 Å². The second-order valence-electron chi connectivity index (χ2n) is 6.77. The van der Waals surface area contributed by atoms with Gasteiger partial charge < -0.3 is 19.1 Å². The molecule has 0 spiro atoms. The average molecular weight is 384 g/mol. The second kappa shape index (κ2) is 10.1. The molecule has 1 aliphatic rings. The van der Waals surface area contributed by atoms with Crippen LogP contribution in [0.1, 0.15) is 12.8 Å². The van der Waals surface area contributed by atoms with Crippen molar-refractivity contribution in [2.45, 2.75) is 18.9 Å². The molecular weight excluding hydrogens is 356 g/mol. The molecule has 0 atom stereocenters. The predicted octanol–water partition coefficient (Wildman–Crippen LogP) is 4.16. The van der Waals surface area contributed by atoms with Gasteiger partial charge in [0.25, 0.3) is 0 Å². The van der Waals surface area contributed by atoms with E-state index in [2.05, 4.69) is 0 Å². The van der Waals surface area contributed by atoms with Gasteiger partial charge in [0.05, 0.1) is 25.0 Å². The van der Waals surface area contributed by atoms with Gasteiger partial charge in [-0.1, -0.05) is 30.3 Å². The van der Waals surface area contributed by atoms with Crippen LogP contribution in [0.3, 0.4) is 0 Å². The number of methoxy groups -OCH3 is 1. The lowest BCUT2D eigenvalue weighted by Gasteiger charge is -2.34. The molecule has 0 saturated carbocycles. The molecule has 1 saturated heterocycles. The zero-order chi connectivity index (χ0) is 19.8. The number of ether oxygens (including phenoxy) is 3. The maximum absolute atomic E-state index is 13.0. The third-order valence-corrected chi connectivity index (χ3v) is 4.84. The molecule has 6 nitrogen and oxygen atoms in total. The lowest BCUT2D eigenvalue weighted by atomic mass is 10.1. The highest BCUT2D eigenvalue weighted by atomic mass is 16.5. The molecule has 1 fully saturated rings. The van der Waals surface area contributed by atoms with Crippen LogP contribution in [0.2, 0.25) is 0 Å². The molecule has 1 aliphatic heterocycles. The molecule has 0 N–H and O–H groups in total. The minimum absolute atomic E-state index is 0.0283. The third-order valence-electron chi connectivity index (χ3n) is 4.84. The summed E-state index contributed by atoms with van der Waals surface area (Å²) in [7, 11) is 3.45. The van der Waals surface area contributed by atoms with E-state index in [1.54, 1.807) is 19.1 Å². The van der Waals surface area contributed by atoms with Gasteiger partial charge >= 0.3 is 6.03 Å². The smallest absolute Gasteiger partial charge is 0.324 e. The number of hydrogen-bond acceptors (Lipinski definition) is 4. The van der Waals surface area contributed by atoms with Crippen molar-refractivity contribution in [1.29, 1.82) is 0 Å². The van der Waals surface area contributed by atoms with E-state index in [0.29, 0.717) is 32.1 Å². The Morgan fingerprint density at radius 2 is 1.71 bits per heavy atom. The Morgan fingerprint density at radius 1 is 1.04 bits per heavy atom. The lowest BCUT2D eigenvalue weighted by molar-refractivity contribution is -0.00880. The molecule has 2 amide bonds. The Labute approximate surface area is 166 Å². The Morgan fingerprint density at radius 3 is 2.43 bits per heavy atom. The molecule has 0 aromatic heterocycles. The number of carbonyl (C=O) groups is 1. The van der Waals surface area contributed by atoms with Crippen molar-refractivity contribution < 1.29 is 19.0 Å². The van der Waals surface area contributed by atoms with Crippen molar-refractivity contribution in [3.63, 3.8) is 0 Å². The Balaban J connectivity index is 1.61. The molecule has 0 unspecified atom stereocenters. The van der Waals surface area contributed by atoms with Gasteiger partial charge in [0.15, 0.2) is 5.75 Å². The van der Waals surface area contributed by atoms with Gasteiger partial charge in [-0.3, -0.25) is 4.90 Å². The summed E-state index contributed by atoms with van der Waals surface area (Å²) in [6.07, 6.45) is 1.87. The summed E-state index contributed by atoms with van der Waals surface area (Å²) < 4.78 is 16.8. The quantitative estimate of drug-likeness (QED) is 0.673. The number of anilines is 1. The molecule has 0 radical (unpaired) electrons. The lowest BCUT2D eigenvalue weighted by Crippen LogP contribution is -2.46. The Kier molecular flexibility index (Phi) is 7.28. The number of amides is 2. The number of nitrogens with zero attached hydrogens (tertiary/aromatic N) is 2. The van der Waals surface area contributed by atoms with Crippen LogP contribution in [-0.4, -0.2) is 57.5 Å². The number of urea groups is 1. The first kappa shape index (κ1) is 20.2. The second-order valence-corrected chi connectivity index (χ2v) is 6.77. The van der Waals surface area contributed by atoms with Gasteiger partial charge in [-0.2, -0.15) is 0 Å². The number of hydrogen-bond donors (Lipinski definition) is 0. The number of likely N-dealkylation sites (tertiary alicyclic amines) is 1. The van der Waals surface area contributed by atoms with Crippen LogP contribution in [0, 0.1) is 0 Å². The summed E-state index contributed by atoms with van der Waals surface area (Å²) in [5.41, 5.74) is 0.745. The van der Waals surface area contributed by atoms with Crippen LogP contribution < -0.4 is 9.64 Å². The SMILES string of the molecule is COCCOC1CCN(C(=O)N(C)c2ccccc2Oc2ccccc2)CC1. The molecule has 3 rings (SSSR count). The Bertz CT molecular complexity index is 745. The number of rotatable bonds is 7. The van der Waals surface area contributed by atoms with Crippen LogP contribution in [0.25, 0.3) is 0 Å². The zero-order valence-electron chi connectivity index (χ0n) is 16.5. The van der Waals surface area contributed by atoms with Gasteiger partial charge in [0.1, 0.15) is 5.75 Å². The third kappa shape index (κ3) is 5.24. The van der Waals surface area contributed by atoms with E-state index in [4.69, 9.17) is 14.2 Å². The first-order valence-electron chi connectivity index (χ1n) is 9.64. The Hall–Kier alpha value is -2.57. The summed E-state index contributed by atoms with van der Waals surface area (Å²) >= 11 is 0. The van der Waals surface area contributed by atoms with E-state index in [1.165, 1.54) is 0 Å². The monoisotopic (exact) mass is 384 g/mol. The maximum atomic E-state index is 13.0. The summed E-state index contributed by atoms with van der Waals surface area (Å²) in [6, 6.07) is 17.1. The summed E-state index contributed by atoms with van der Waals surface area (Å²) in [6.45, 7) is 2.56. The number of para-hydroxylation sites is 3. The van der Waals surface area contributed by atoms with E-state index in [0.717, 1.165) is 24.3 Å². The van der Waals surface area contributed by atoms with Crippen molar-refractivity contribution in [3.8, 4) is 11.5 Å². The standard InChI is InChI=1S/C22H28N2O4/c1-23(22(25)24-14-12-18(13-15-24)27-17-16-26-2)20-10-6-7-11-21(20)28-19-8-4-3-5-9-19/h3-11,18H,12-17H2,1-2H3. The molecule has 0 bridgehead atoms. The van der Waals surface area contributed by atoms with Gasteiger partial charge in [0.2, 0.25) is 0 Å². The van der Waals surface area contributed by atoms with E-state index >= 15 is 0 Å². The minimum atomic E-state index is -0.0283. The summed E-state index contributed by atoms with van der Waals surface area (Å²) in [5.74, 6) is 1.40. The van der Waals surface area contributed by atoms with Gasteiger partial charge in [-0.05, 0) is 37.1 Å². The predicted molar refractivity (Wildman–Crippen MR) is 109 cm³/mol. The summed E-state index contributed by atoms with van der Waals surface area (Å²) in [4.78, 5) is 16.5. The number of piperidine rings is 1. The normalized spacial score (nSPS) is 14.7. The number of carbonyl (C=O) groups excluding carboxylic acids is 1. The van der Waals surface area contributed by atoms with Crippen LogP contribution >= 0.6 is 0 Å². The van der Waals surface area contributed by atoms with Crippen molar-refractivity contribution in [2.75, 3.05) is 45.4 Å². The first-order chi connectivity index (χ1) is 13.7. The molecular formula is C22H28N2O4. The fraction of sp³-hybridized carbons (Fsp3) is 0.409. The van der Waals surface area contributed by atoms with Crippen LogP contribution in [-0.2, 0) is 9.47 Å². The fourth-order valence-corrected chi connectivity index (χ4v) is 3.26. The maximum Gasteiger partial charge on any atom is 0.324 e. The van der Waals surface area contributed by atoms with Crippen molar-refractivity contribution in [2.24, 2.45) is 0 Å². The topological polar surface area (TPSA) is 51.2 Å². The van der Waals surface area contributed by atoms with Gasteiger partial charge in [-0.15, -0.1) is 0 Å². The van der Waals surface area contributed by atoms with Gasteiger partial charge in [-0.25, -0.2) is 4.79 Å². The van der Waals surface area contributed by atoms with E-state index in [-0.39, 0.29) is 12.1 Å². The highest BCUT2D eigenvalue weighted by Crippen LogP contribution is 2.32.